The van der Waals surface area contributed by atoms with Crippen molar-refractivity contribution in [3.05, 3.63) is 35.4 Å². The maximum atomic E-state index is 11.7. The smallest absolute Gasteiger partial charge is 0.220 e. The molecule has 0 aliphatic carbocycles. The molecule has 0 heterocycles. The van der Waals surface area contributed by atoms with Crippen LogP contribution in [0.1, 0.15) is 63.0 Å². The van der Waals surface area contributed by atoms with E-state index in [0.29, 0.717) is 19.5 Å². The normalized spacial score (nSPS) is 10.5. The molecule has 0 spiro atoms. The maximum absolute atomic E-state index is 11.7. The summed E-state index contributed by atoms with van der Waals surface area (Å²) in [5.41, 5.74) is 7.79. The number of carbonyl (C=O) groups is 1. The lowest BCUT2D eigenvalue weighted by atomic mass is 10.1. The summed E-state index contributed by atoms with van der Waals surface area (Å²) >= 11 is 0. The maximum Gasteiger partial charge on any atom is 0.220 e. The third kappa shape index (κ3) is 7.29. The monoisotopic (exact) mass is 276 g/mol. The van der Waals surface area contributed by atoms with Crippen molar-refractivity contribution in [3.8, 4) is 0 Å². The second kappa shape index (κ2) is 10.4. The molecule has 0 saturated carbocycles. The first-order valence-electron chi connectivity index (χ1n) is 7.81. The van der Waals surface area contributed by atoms with Crippen LogP contribution in [0.15, 0.2) is 24.3 Å². The third-order valence-corrected chi connectivity index (χ3v) is 3.51. The quantitative estimate of drug-likeness (QED) is 0.642. The summed E-state index contributed by atoms with van der Waals surface area (Å²) in [4.78, 5) is 11.7. The molecule has 1 rings (SSSR count). The molecular formula is C17H28N2O. The zero-order valence-electron chi connectivity index (χ0n) is 12.7. The van der Waals surface area contributed by atoms with Crippen LogP contribution in [0.4, 0.5) is 0 Å². The summed E-state index contributed by atoms with van der Waals surface area (Å²) in [5.74, 6) is 0.156. The Hall–Kier alpha value is -1.35. The number of rotatable bonds is 10. The lowest BCUT2D eigenvalue weighted by Crippen LogP contribution is -2.22. The van der Waals surface area contributed by atoms with Gasteiger partial charge in [-0.15, -0.1) is 0 Å². The Balaban J connectivity index is 2.10. The van der Waals surface area contributed by atoms with Crippen LogP contribution in [0.25, 0.3) is 0 Å². The van der Waals surface area contributed by atoms with Gasteiger partial charge in [0.15, 0.2) is 0 Å². The minimum Gasteiger partial charge on any atom is -0.352 e. The number of hydrogen-bond acceptors (Lipinski definition) is 2. The number of unbranched alkanes of at least 4 members (excludes halogenated alkanes) is 5. The van der Waals surface area contributed by atoms with E-state index < -0.39 is 0 Å². The Morgan fingerprint density at radius 2 is 1.60 bits per heavy atom. The Morgan fingerprint density at radius 1 is 1.00 bits per heavy atom. The zero-order chi connectivity index (χ0) is 14.6. The molecule has 3 nitrogen and oxygen atoms in total. The highest BCUT2D eigenvalue weighted by Crippen LogP contribution is 2.07. The molecule has 3 heteroatoms. The molecule has 0 atom stereocenters. The number of hydrogen-bond donors (Lipinski definition) is 2. The van der Waals surface area contributed by atoms with E-state index in [1.54, 1.807) is 0 Å². The van der Waals surface area contributed by atoms with Crippen LogP contribution < -0.4 is 11.1 Å². The fraction of sp³-hybridized carbons (Fsp3) is 0.588. The SMILES string of the molecule is CCCCCCCCC(=O)NCc1ccc(CN)cc1. The minimum atomic E-state index is 0.156. The van der Waals surface area contributed by atoms with Crippen molar-refractivity contribution in [1.29, 1.82) is 0 Å². The van der Waals surface area contributed by atoms with Crippen LogP contribution >= 0.6 is 0 Å². The van der Waals surface area contributed by atoms with E-state index in [2.05, 4.69) is 12.2 Å². The van der Waals surface area contributed by atoms with E-state index in [9.17, 15) is 4.79 Å². The summed E-state index contributed by atoms with van der Waals surface area (Å²) in [6.07, 6.45) is 7.94. The largest absolute Gasteiger partial charge is 0.352 e. The van der Waals surface area contributed by atoms with Crippen molar-refractivity contribution in [2.24, 2.45) is 5.73 Å². The predicted octanol–water partition coefficient (Wildman–Crippen LogP) is 3.51. The fourth-order valence-corrected chi connectivity index (χ4v) is 2.15. The van der Waals surface area contributed by atoms with E-state index in [-0.39, 0.29) is 5.91 Å². The van der Waals surface area contributed by atoms with Crippen LogP contribution in [0.2, 0.25) is 0 Å². The first-order valence-corrected chi connectivity index (χ1v) is 7.81. The standard InChI is InChI=1S/C17H28N2O/c1-2-3-4-5-6-7-8-17(20)19-14-16-11-9-15(13-18)10-12-16/h9-12H,2-8,13-14,18H2,1H3,(H,19,20). The fourth-order valence-electron chi connectivity index (χ4n) is 2.15. The second-order valence-electron chi connectivity index (χ2n) is 5.32. The van der Waals surface area contributed by atoms with Gasteiger partial charge in [-0.25, -0.2) is 0 Å². The summed E-state index contributed by atoms with van der Waals surface area (Å²) in [5, 5.41) is 2.97. The number of benzene rings is 1. The lowest BCUT2D eigenvalue weighted by Gasteiger charge is -2.06. The van der Waals surface area contributed by atoms with Gasteiger partial charge in [0.25, 0.3) is 0 Å². The molecular weight excluding hydrogens is 248 g/mol. The highest BCUT2D eigenvalue weighted by atomic mass is 16.1. The first-order chi connectivity index (χ1) is 9.76. The minimum absolute atomic E-state index is 0.156. The van der Waals surface area contributed by atoms with Crippen LogP contribution in [-0.2, 0) is 17.9 Å². The summed E-state index contributed by atoms with van der Waals surface area (Å²) < 4.78 is 0. The van der Waals surface area contributed by atoms with Gasteiger partial charge < -0.3 is 11.1 Å². The third-order valence-electron chi connectivity index (χ3n) is 3.51. The van der Waals surface area contributed by atoms with Gasteiger partial charge in [0, 0.05) is 19.5 Å². The lowest BCUT2D eigenvalue weighted by molar-refractivity contribution is -0.121. The van der Waals surface area contributed by atoms with Gasteiger partial charge in [0.05, 0.1) is 0 Å². The van der Waals surface area contributed by atoms with Gasteiger partial charge in [-0.3, -0.25) is 4.79 Å². The molecule has 0 aliphatic heterocycles. The number of nitrogens with one attached hydrogen (secondary N) is 1. The van der Waals surface area contributed by atoms with Crippen molar-refractivity contribution in [3.63, 3.8) is 0 Å². The van der Waals surface area contributed by atoms with Crippen molar-refractivity contribution in [2.75, 3.05) is 0 Å². The molecule has 1 aromatic carbocycles. The predicted molar refractivity (Wildman–Crippen MR) is 84.2 cm³/mol. The van der Waals surface area contributed by atoms with Gasteiger partial charge >= 0.3 is 0 Å². The van der Waals surface area contributed by atoms with Gasteiger partial charge in [0.2, 0.25) is 5.91 Å². The van der Waals surface area contributed by atoms with E-state index in [4.69, 9.17) is 5.73 Å². The Morgan fingerprint density at radius 3 is 2.25 bits per heavy atom. The Labute approximate surface area is 122 Å². The second-order valence-corrected chi connectivity index (χ2v) is 5.32. The van der Waals surface area contributed by atoms with Crippen LogP contribution in [0.3, 0.4) is 0 Å². The van der Waals surface area contributed by atoms with Crippen LogP contribution in [0, 0.1) is 0 Å². The molecule has 0 aromatic heterocycles. The number of carbonyl (C=O) groups excluding carboxylic acids is 1. The topological polar surface area (TPSA) is 55.1 Å². The molecule has 112 valence electrons. The van der Waals surface area contributed by atoms with Crippen LogP contribution in [-0.4, -0.2) is 5.91 Å². The Bertz CT molecular complexity index is 373. The molecule has 0 radical (unpaired) electrons. The summed E-state index contributed by atoms with van der Waals surface area (Å²) in [6.45, 7) is 3.39. The van der Waals surface area contributed by atoms with E-state index >= 15 is 0 Å². The highest BCUT2D eigenvalue weighted by Gasteiger charge is 2.01. The average Bonchev–Trinajstić information content (AvgIpc) is 2.49. The van der Waals surface area contributed by atoms with Gasteiger partial charge in [-0.05, 0) is 17.5 Å². The van der Waals surface area contributed by atoms with Crippen LogP contribution in [0.5, 0.6) is 0 Å². The van der Waals surface area contributed by atoms with Crippen molar-refractivity contribution < 1.29 is 4.79 Å². The summed E-state index contributed by atoms with van der Waals surface area (Å²) in [6, 6.07) is 8.06. The molecule has 1 aromatic rings. The number of nitrogens with two attached hydrogens (primary N) is 1. The summed E-state index contributed by atoms with van der Waals surface area (Å²) in [7, 11) is 0. The molecule has 20 heavy (non-hydrogen) atoms. The molecule has 3 N–H and O–H groups in total. The van der Waals surface area contributed by atoms with Gasteiger partial charge in [-0.2, -0.15) is 0 Å². The van der Waals surface area contributed by atoms with Crippen molar-refractivity contribution in [1.82, 2.24) is 5.32 Å². The zero-order valence-corrected chi connectivity index (χ0v) is 12.7. The molecule has 0 unspecified atom stereocenters. The van der Waals surface area contributed by atoms with E-state index in [0.717, 1.165) is 17.5 Å². The molecule has 0 bridgehead atoms. The van der Waals surface area contributed by atoms with Crippen molar-refractivity contribution >= 4 is 5.91 Å². The average molecular weight is 276 g/mol. The van der Waals surface area contributed by atoms with Gasteiger partial charge in [-0.1, -0.05) is 63.3 Å². The molecule has 0 aliphatic rings. The number of amides is 1. The van der Waals surface area contributed by atoms with Crippen molar-refractivity contribution in [2.45, 2.75) is 65.0 Å². The highest BCUT2D eigenvalue weighted by molar-refractivity contribution is 5.75. The van der Waals surface area contributed by atoms with E-state index in [1.807, 2.05) is 24.3 Å². The van der Waals surface area contributed by atoms with E-state index in [1.165, 1.54) is 32.1 Å². The molecule has 0 saturated heterocycles. The molecule has 0 fully saturated rings. The molecule has 1 amide bonds. The Kier molecular flexibility index (Phi) is 8.72. The first kappa shape index (κ1) is 16.7. The van der Waals surface area contributed by atoms with Gasteiger partial charge in [0.1, 0.15) is 0 Å².